The van der Waals surface area contributed by atoms with Crippen molar-refractivity contribution in [2.24, 2.45) is 4.99 Å². The van der Waals surface area contributed by atoms with Crippen LogP contribution in [0.15, 0.2) is 16.3 Å². The maximum Gasteiger partial charge on any atom is 0.339 e. The SMILES string of the molecule is O=C(O)C1=C2NCSC2CN=C1. The number of nitrogens with one attached hydrogen (secondary N) is 1. The Labute approximate surface area is 73.8 Å². The summed E-state index contributed by atoms with van der Waals surface area (Å²) in [6.45, 7) is 0.698. The number of hydrogen-bond donors (Lipinski definition) is 2. The van der Waals surface area contributed by atoms with E-state index in [9.17, 15) is 4.79 Å². The summed E-state index contributed by atoms with van der Waals surface area (Å²) in [6.07, 6.45) is 1.44. The highest BCUT2D eigenvalue weighted by molar-refractivity contribution is 8.00. The van der Waals surface area contributed by atoms with Gasteiger partial charge in [-0.1, -0.05) is 0 Å². The van der Waals surface area contributed by atoms with Crippen LogP contribution in [0.3, 0.4) is 0 Å². The standard InChI is InChI=1S/C7H8N2O2S/c10-7(11)4-1-8-2-5-6(4)9-3-12-5/h1,5,9H,2-3H2,(H,10,11). The van der Waals surface area contributed by atoms with Crippen molar-refractivity contribution in [3.8, 4) is 0 Å². The Hall–Kier alpha value is -0.970. The molecule has 0 aromatic rings. The minimum Gasteiger partial charge on any atom is -0.478 e. The number of carbonyl (C=O) groups is 1. The zero-order chi connectivity index (χ0) is 8.55. The fraction of sp³-hybridized carbons (Fsp3) is 0.429. The van der Waals surface area contributed by atoms with Gasteiger partial charge in [0.05, 0.1) is 23.2 Å². The topological polar surface area (TPSA) is 61.7 Å². The predicted octanol–water partition coefficient (Wildman–Crippen LogP) is 0.0720. The van der Waals surface area contributed by atoms with Crippen LogP contribution in [-0.4, -0.2) is 35.0 Å². The number of nitrogens with zero attached hydrogens (tertiary/aromatic N) is 1. The van der Waals surface area contributed by atoms with Crippen molar-refractivity contribution in [2.75, 3.05) is 12.4 Å². The Balaban J connectivity index is 2.38. The highest BCUT2D eigenvalue weighted by atomic mass is 32.2. The molecule has 0 aromatic carbocycles. The molecule has 5 heteroatoms. The first kappa shape index (κ1) is 7.67. The largest absolute Gasteiger partial charge is 0.478 e. The van der Waals surface area contributed by atoms with Gasteiger partial charge in [-0.15, -0.1) is 11.8 Å². The van der Waals surface area contributed by atoms with E-state index >= 15 is 0 Å². The molecule has 64 valence electrons. The number of thioether (sulfide) groups is 1. The molecule has 0 spiro atoms. The van der Waals surface area contributed by atoms with Crippen LogP contribution >= 0.6 is 11.8 Å². The van der Waals surface area contributed by atoms with Gasteiger partial charge >= 0.3 is 5.97 Å². The first-order valence-corrected chi connectivity index (χ1v) is 4.66. The third kappa shape index (κ3) is 1.10. The molecule has 2 N–H and O–H groups in total. The normalized spacial score (nSPS) is 26.8. The molecule has 1 fully saturated rings. The maximum atomic E-state index is 10.7. The smallest absolute Gasteiger partial charge is 0.339 e. The van der Waals surface area contributed by atoms with E-state index in [0.29, 0.717) is 12.1 Å². The van der Waals surface area contributed by atoms with Crippen molar-refractivity contribution < 1.29 is 9.90 Å². The number of aliphatic imine (C=N–C) groups is 1. The average Bonchev–Trinajstić information content (AvgIpc) is 2.49. The minimum atomic E-state index is -0.895. The van der Waals surface area contributed by atoms with Crippen LogP contribution in [0.2, 0.25) is 0 Å². The molecule has 4 nitrogen and oxygen atoms in total. The summed E-state index contributed by atoms with van der Waals surface area (Å²) < 4.78 is 0. The number of hydrogen-bond acceptors (Lipinski definition) is 4. The number of rotatable bonds is 1. The molecule has 1 atom stereocenters. The van der Waals surface area contributed by atoms with Crippen LogP contribution in [0.4, 0.5) is 0 Å². The third-order valence-corrected chi connectivity index (χ3v) is 2.98. The molecule has 2 rings (SSSR count). The molecule has 0 aromatic heterocycles. The molecule has 1 unspecified atom stereocenters. The van der Waals surface area contributed by atoms with E-state index in [4.69, 9.17) is 5.11 Å². The molecule has 0 saturated carbocycles. The van der Waals surface area contributed by atoms with Crippen molar-refractivity contribution in [2.45, 2.75) is 5.25 Å². The Morgan fingerprint density at radius 1 is 1.83 bits per heavy atom. The lowest BCUT2D eigenvalue weighted by molar-refractivity contribution is -0.132. The summed E-state index contributed by atoms with van der Waals surface area (Å²) in [4.78, 5) is 14.7. The van der Waals surface area contributed by atoms with Gasteiger partial charge in [-0.05, 0) is 0 Å². The molecule has 1 saturated heterocycles. The number of fused-ring (bicyclic) bond motifs is 1. The first-order chi connectivity index (χ1) is 5.79. The van der Waals surface area contributed by atoms with Crippen molar-refractivity contribution >= 4 is 23.9 Å². The Morgan fingerprint density at radius 2 is 2.67 bits per heavy atom. The van der Waals surface area contributed by atoms with Crippen molar-refractivity contribution in [1.82, 2.24) is 5.32 Å². The molecule has 0 radical (unpaired) electrons. The molecule has 0 amide bonds. The Bertz CT molecular complexity index is 285. The van der Waals surface area contributed by atoms with Crippen molar-refractivity contribution in [1.29, 1.82) is 0 Å². The molecular weight excluding hydrogens is 176 g/mol. The van der Waals surface area contributed by atoms with E-state index in [0.717, 1.165) is 11.6 Å². The lowest BCUT2D eigenvalue weighted by Crippen LogP contribution is -2.23. The van der Waals surface area contributed by atoms with Gasteiger partial charge in [-0.25, -0.2) is 4.79 Å². The van der Waals surface area contributed by atoms with Gasteiger partial charge in [0.15, 0.2) is 0 Å². The number of aliphatic carboxylic acids is 1. The lowest BCUT2D eigenvalue weighted by Gasteiger charge is -2.13. The number of carboxylic acid groups (broad SMARTS) is 1. The van der Waals surface area contributed by atoms with E-state index in [1.165, 1.54) is 6.21 Å². The lowest BCUT2D eigenvalue weighted by atomic mass is 10.1. The first-order valence-electron chi connectivity index (χ1n) is 3.62. The van der Waals surface area contributed by atoms with Gasteiger partial charge in [0, 0.05) is 11.9 Å². The average molecular weight is 184 g/mol. The number of carboxylic acids is 1. The monoisotopic (exact) mass is 184 g/mol. The number of dihydropyridines is 1. The summed E-state index contributed by atoms with van der Waals surface area (Å²) in [7, 11) is 0. The molecular formula is C7H8N2O2S. The molecule has 0 aliphatic carbocycles. The van der Waals surface area contributed by atoms with Crippen LogP contribution in [0.25, 0.3) is 0 Å². The third-order valence-electron chi connectivity index (χ3n) is 1.88. The maximum absolute atomic E-state index is 10.7. The van der Waals surface area contributed by atoms with E-state index in [-0.39, 0.29) is 5.25 Å². The van der Waals surface area contributed by atoms with Gasteiger partial charge in [-0.3, -0.25) is 4.99 Å². The Kier molecular flexibility index (Phi) is 1.80. The van der Waals surface area contributed by atoms with Gasteiger partial charge < -0.3 is 10.4 Å². The van der Waals surface area contributed by atoms with Crippen LogP contribution in [0.1, 0.15) is 0 Å². The quantitative estimate of drug-likeness (QED) is 0.605. The van der Waals surface area contributed by atoms with E-state index in [1.807, 2.05) is 0 Å². The molecule has 0 bridgehead atoms. The summed E-state index contributed by atoms with van der Waals surface area (Å²) in [5.41, 5.74) is 1.15. The van der Waals surface area contributed by atoms with Gasteiger partial charge in [0.1, 0.15) is 0 Å². The zero-order valence-corrected chi connectivity index (χ0v) is 7.10. The predicted molar refractivity (Wildman–Crippen MR) is 47.4 cm³/mol. The van der Waals surface area contributed by atoms with Crippen molar-refractivity contribution in [3.63, 3.8) is 0 Å². The van der Waals surface area contributed by atoms with E-state index in [2.05, 4.69) is 10.3 Å². The minimum absolute atomic E-state index is 0.237. The summed E-state index contributed by atoms with van der Waals surface area (Å²) in [5.74, 6) is -0.103. The van der Waals surface area contributed by atoms with Crippen LogP contribution in [0, 0.1) is 0 Å². The fourth-order valence-corrected chi connectivity index (χ4v) is 2.32. The highest BCUT2D eigenvalue weighted by Gasteiger charge is 2.28. The summed E-state index contributed by atoms with van der Waals surface area (Å²) in [6, 6.07) is 0. The van der Waals surface area contributed by atoms with Crippen LogP contribution in [-0.2, 0) is 4.79 Å². The summed E-state index contributed by atoms with van der Waals surface area (Å²) in [5, 5.41) is 12.1. The highest BCUT2D eigenvalue weighted by Crippen LogP contribution is 2.28. The second-order valence-corrected chi connectivity index (χ2v) is 3.79. The molecule has 2 aliphatic heterocycles. The van der Waals surface area contributed by atoms with Gasteiger partial charge in [0.25, 0.3) is 0 Å². The van der Waals surface area contributed by atoms with E-state index in [1.54, 1.807) is 11.8 Å². The fourth-order valence-electron chi connectivity index (χ4n) is 1.31. The molecule has 2 aliphatic rings. The zero-order valence-electron chi connectivity index (χ0n) is 6.28. The van der Waals surface area contributed by atoms with Crippen molar-refractivity contribution in [3.05, 3.63) is 11.3 Å². The van der Waals surface area contributed by atoms with Crippen LogP contribution in [0.5, 0.6) is 0 Å². The Morgan fingerprint density at radius 3 is 3.42 bits per heavy atom. The van der Waals surface area contributed by atoms with Gasteiger partial charge in [-0.2, -0.15) is 0 Å². The van der Waals surface area contributed by atoms with E-state index < -0.39 is 5.97 Å². The van der Waals surface area contributed by atoms with Gasteiger partial charge in [0.2, 0.25) is 0 Å². The molecule has 12 heavy (non-hydrogen) atoms. The summed E-state index contributed by atoms with van der Waals surface area (Å²) >= 11 is 1.70. The second kappa shape index (κ2) is 2.82. The van der Waals surface area contributed by atoms with Crippen LogP contribution < -0.4 is 5.32 Å². The molecule has 2 heterocycles. The second-order valence-electron chi connectivity index (χ2n) is 2.60.